The monoisotopic (exact) mass is 322 g/mol. The van der Waals surface area contributed by atoms with Crippen molar-refractivity contribution in [2.75, 3.05) is 6.61 Å². The highest BCUT2D eigenvalue weighted by molar-refractivity contribution is 5.89. The molecule has 0 fully saturated rings. The Balaban J connectivity index is 2.45. The molecule has 1 heterocycles. The van der Waals surface area contributed by atoms with Crippen LogP contribution in [0.25, 0.3) is 11.1 Å². The predicted molar refractivity (Wildman–Crippen MR) is 72.9 cm³/mol. The third-order valence-electron chi connectivity index (χ3n) is 2.80. The Morgan fingerprint density at radius 2 is 1.96 bits per heavy atom. The third kappa shape index (κ3) is 4.20. The van der Waals surface area contributed by atoms with Crippen molar-refractivity contribution >= 4 is 5.97 Å². The van der Waals surface area contributed by atoms with Crippen molar-refractivity contribution in [2.45, 2.75) is 6.18 Å². The summed E-state index contributed by atoms with van der Waals surface area (Å²) in [4.78, 5) is 14.7. The summed E-state index contributed by atoms with van der Waals surface area (Å²) in [7, 11) is 0. The molecule has 0 atom stereocenters. The number of hydrogen-bond acceptors (Lipinski definition) is 4. The van der Waals surface area contributed by atoms with Gasteiger partial charge in [-0.05, 0) is 23.8 Å². The maximum absolute atomic E-state index is 12.3. The molecule has 1 aromatic carbocycles. The number of aromatic carboxylic acids is 1. The summed E-state index contributed by atoms with van der Waals surface area (Å²) in [5, 5.41) is 17.7. The molecule has 0 saturated carbocycles. The van der Waals surface area contributed by atoms with Crippen LogP contribution in [0, 0.1) is 11.3 Å². The number of carbonyl (C=O) groups is 1. The van der Waals surface area contributed by atoms with Crippen molar-refractivity contribution in [3.8, 4) is 23.1 Å². The highest BCUT2D eigenvalue weighted by Crippen LogP contribution is 2.30. The zero-order valence-corrected chi connectivity index (χ0v) is 11.5. The van der Waals surface area contributed by atoms with Crippen LogP contribution in [0.4, 0.5) is 13.2 Å². The molecule has 23 heavy (non-hydrogen) atoms. The Bertz CT molecular complexity index is 765. The summed E-state index contributed by atoms with van der Waals surface area (Å²) in [5.41, 5.74) is 0.646. The lowest BCUT2D eigenvalue weighted by molar-refractivity contribution is -0.154. The molecule has 0 aliphatic heterocycles. The maximum Gasteiger partial charge on any atom is 0.422 e. The predicted octanol–water partition coefficient (Wildman–Crippen LogP) is 3.26. The van der Waals surface area contributed by atoms with Crippen LogP contribution in [-0.4, -0.2) is 28.8 Å². The van der Waals surface area contributed by atoms with Gasteiger partial charge in [-0.25, -0.2) is 9.78 Å². The van der Waals surface area contributed by atoms with Crippen molar-refractivity contribution < 1.29 is 27.8 Å². The zero-order chi connectivity index (χ0) is 17.0. The van der Waals surface area contributed by atoms with Gasteiger partial charge in [0.05, 0.1) is 17.2 Å². The number of ether oxygens (including phenoxy) is 1. The molecule has 8 heteroatoms. The molecule has 0 aliphatic rings. The molecule has 118 valence electrons. The Morgan fingerprint density at radius 3 is 2.48 bits per heavy atom. The second-order valence-corrected chi connectivity index (χ2v) is 4.47. The van der Waals surface area contributed by atoms with Crippen molar-refractivity contribution in [1.82, 2.24) is 4.98 Å². The van der Waals surface area contributed by atoms with Crippen molar-refractivity contribution in [3.05, 3.63) is 47.7 Å². The van der Waals surface area contributed by atoms with E-state index in [0.29, 0.717) is 11.1 Å². The second-order valence-electron chi connectivity index (χ2n) is 4.47. The minimum absolute atomic E-state index is 0.0960. The number of nitrogens with zero attached hydrogens (tertiary/aromatic N) is 2. The Kier molecular flexibility index (Phi) is 4.50. The second kappa shape index (κ2) is 6.36. The van der Waals surface area contributed by atoms with Gasteiger partial charge in [-0.3, -0.25) is 0 Å². The molecule has 0 radical (unpaired) electrons. The maximum atomic E-state index is 12.3. The first-order valence-electron chi connectivity index (χ1n) is 6.23. The van der Waals surface area contributed by atoms with E-state index in [9.17, 15) is 18.0 Å². The van der Waals surface area contributed by atoms with E-state index in [1.54, 1.807) is 0 Å². The number of rotatable bonds is 4. The van der Waals surface area contributed by atoms with Crippen LogP contribution in [0.5, 0.6) is 5.88 Å². The molecule has 2 rings (SSSR count). The summed E-state index contributed by atoms with van der Waals surface area (Å²) in [6.07, 6.45) is -3.63. The minimum atomic E-state index is -4.55. The van der Waals surface area contributed by atoms with Crippen molar-refractivity contribution in [2.24, 2.45) is 0 Å². The number of carboxylic acids is 1. The fourth-order valence-electron chi connectivity index (χ4n) is 1.77. The van der Waals surface area contributed by atoms with E-state index in [-0.39, 0.29) is 17.0 Å². The van der Waals surface area contributed by atoms with E-state index in [4.69, 9.17) is 10.4 Å². The molecule has 0 aliphatic carbocycles. The van der Waals surface area contributed by atoms with Gasteiger partial charge in [-0.1, -0.05) is 12.1 Å². The van der Waals surface area contributed by atoms with E-state index in [1.807, 2.05) is 6.07 Å². The summed E-state index contributed by atoms with van der Waals surface area (Å²) in [6.45, 7) is -1.55. The standard InChI is InChI=1S/C15H9F3N2O3/c16-15(17,18)8-23-13-12(5-11(7-20-13)14(21)22)10-3-1-9(6-19)2-4-10/h1-5,7H,8H2,(H,21,22). The fourth-order valence-corrected chi connectivity index (χ4v) is 1.77. The lowest BCUT2D eigenvalue weighted by Crippen LogP contribution is -2.20. The quantitative estimate of drug-likeness (QED) is 0.934. The first-order chi connectivity index (χ1) is 10.8. The molecular weight excluding hydrogens is 313 g/mol. The molecule has 0 saturated heterocycles. The average Bonchev–Trinajstić information content (AvgIpc) is 2.52. The number of benzene rings is 1. The average molecular weight is 322 g/mol. The van der Waals surface area contributed by atoms with Gasteiger partial charge in [0, 0.05) is 11.8 Å². The molecule has 2 aromatic rings. The van der Waals surface area contributed by atoms with Crippen LogP contribution in [0.1, 0.15) is 15.9 Å². The number of aromatic nitrogens is 1. The Hall–Kier alpha value is -3.08. The number of pyridine rings is 1. The highest BCUT2D eigenvalue weighted by atomic mass is 19.4. The molecule has 0 unspecified atom stereocenters. The van der Waals surface area contributed by atoms with Gasteiger partial charge in [0.2, 0.25) is 5.88 Å². The number of carboxylic acid groups (broad SMARTS) is 1. The Labute approximate surface area is 128 Å². The van der Waals surface area contributed by atoms with Gasteiger partial charge in [0.15, 0.2) is 6.61 Å². The van der Waals surface area contributed by atoms with Crippen LogP contribution in [0.2, 0.25) is 0 Å². The fraction of sp³-hybridized carbons (Fsp3) is 0.133. The van der Waals surface area contributed by atoms with Crippen LogP contribution < -0.4 is 4.74 Å². The van der Waals surface area contributed by atoms with Gasteiger partial charge in [-0.2, -0.15) is 18.4 Å². The number of nitriles is 1. The molecule has 1 N–H and O–H groups in total. The molecular formula is C15H9F3N2O3. The van der Waals surface area contributed by atoms with Gasteiger partial charge >= 0.3 is 12.1 Å². The number of hydrogen-bond donors (Lipinski definition) is 1. The number of alkyl halides is 3. The van der Waals surface area contributed by atoms with Gasteiger partial charge in [0.25, 0.3) is 0 Å². The van der Waals surface area contributed by atoms with Crippen LogP contribution in [0.3, 0.4) is 0 Å². The molecule has 0 bridgehead atoms. The molecule has 0 spiro atoms. The first-order valence-corrected chi connectivity index (χ1v) is 6.23. The van der Waals surface area contributed by atoms with Gasteiger partial charge in [-0.15, -0.1) is 0 Å². The molecule has 5 nitrogen and oxygen atoms in total. The van der Waals surface area contributed by atoms with Crippen LogP contribution in [0.15, 0.2) is 36.5 Å². The third-order valence-corrected chi connectivity index (χ3v) is 2.80. The Morgan fingerprint density at radius 1 is 1.30 bits per heavy atom. The van der Waals surface area contributed by atoms with Gasteiger partial charge < -0.3 is 9.84 Å². The van der Waals surface area contributed by atoms with E-state index < -0.39 is 18.8 Å². The summed E-state index contributed by atoms with van der Waals surface area (Å²) in [6, 6.07) is 8.93. The SMILES string of the molecule is N#Cc1ccc(-c2cc(C(=O)O)cnc2OCC(F)(F)F)cc1. The zero-order valence-electron chi connectivity index (χ0n) is 11.5. The van der Waals surface area contributed by atoms with Crippen LogP contribution in [-0.2, 0) is 0 Å². The first kappa shape index (κ1) is 16.3. The summed E-state index contributed by atoms with van der Waals surface area (Å²) < 4.78 is 41.5. The minimum Gasteiger partial charge on any atom is -0.478 e. The lowest BCUT2D eigenvalue weighted by Gasteiger charge is -2.13. The van der Waals surface area contributed by atoms with Gasteiger partial charge in [0.1, 0.15) is 0 Å². The smallest absolute Gasteiger partial charge is 0.422 e. The highest BCUT2D eigenvalue weighted by Gasteiger charge is 2.29. The van der Waals surface area contributed by atoms with E-state index in [2.05, 4.69) is 9.72 Å². The van der Waals surface area contributed by atoms with E-state index in [0.717, 1.165) is 6.20 Å². The van der Waals surface area contributed by atoms with Crippen molar-refractivity contribution in [3.63, 3.8) is 0 Å². The number of halogens is 3. The topological polar surface area (TPSA) is 83.2 Å². The largest absolute Gasteiger partial charge is 0.478 e. The summed E-state index contributed by atoms with van der Waals surface area (Å²) in [5.74, 6) is -1.60. The van der Waals surface area contributed by atoms with E-state index >= 15 is 0 Å². The molecule has 1 aromatic heterocycles. The lowest BCUT2D eigenvalue weighted by atomic mass is 10.0. The molecule has 0 amide bonds. The normalized spacial score (nSPS) is 10.9. The van der Waals surface area contributed by atoms with Crippen molar-refractivity contribution in [1.29, 1.82) is 5.26 Å². The summed E-state index contributed by atoms with van der Waals surface area (Å²) >= 11 is 0. The van der Waals surface area contributed by atoms with E-state index in [1.165, 1.54) is 30.3 Å². The van der Waals surface area contributed by atoms with Crippen LogP contribution >= 0.6 is 0 Å².